The summed E-state index contributed by atoms with van der Waals surface area (Å²) in [6.07, 6.45) is 4.10. The molecule has 0 N–H and O–H groups in total. The minimum absolute atomic E-state index is 0.323. The van der Waals surface area contributed by atoms with Crippen LogP contribution in [0.3, 0.4) is 0 Å². The molecule has 0 radical (unpaired) electrons. The second-order valence-electron chi connectivity index (χ2n) is 7.69. The summed E-state index contributed by atoms with van der Waals surface area (Å²) in [7, 11) is 0. The third kappa shape index (κ3) is 4.19. The number of aryl methyl sites for hydroxylation is 1. The Morgan fingerprint density at radius 1 is 1.26 bits per heavy atom. The number of amides is 1. The van der Waals surface area contributed by atoms with E-state index in [2.05, 4.69) is 4.90 Å². The quantitative estimate of drug-likeness (QED) is 0.773. The van der Waals surface area contributed by atoms with Gasteiger partial charge in [0.25, 0.3) is 0 Å². The Morgan fingerprint density at radius 3 is 2.89 bits per heavy atom. The number of hydrogen-bond donors (Lipinski definition) is 0. The topological polar surface area (TPSA) is 49.6 Å². The van der Waals surface area contributed by atoms with Crippen molar-refractivity contribution in [3.8, 4) is 11.5 Å². The third-order valence-corrected chi connectivity index (χ3v) is 5.95. The van der Waals surface area contributed by atoms with Gasteiger partial charge >= 0.3 is 0 Å². The summed E-state index contributed by atoms with van der Waals surface area (Å²) < 4.78 is 5.90. The molecule has 1 atom stereocenters. The van der Waals surface area contributed by atoms with Gasteiger partial charge in [-0.1, -0.05) is 23.7 Å². The van der Waals surface area contributed by atoms with Gasteiger partial charge in [0.05, 0.1) is 16.3 Å². The van der Waals surface area contributed by atoms with Crippen molar-refractivity contribution < 1.29 is 9.21 Å². The van der Waals surface area contributed by atoms with Gasteiger partial charge in [0.15, 0.2) is 0 Å². The fraction of sp³-hybridized carbons (Fsp3) is 0.524. The van der Waals surface area contributed by atoms with Gasteiger partial charge in [0.1, 0.15) is 5.76 Å². The maximum absolute atomic E-state index is 11.9. The Morgan fingerprint density at radius 2 is 2.11 bits per heavy atom. The number of nitrogens with zero attached hydrogens (tertiary/aromatic N) is 3. The molecule has 2 saturated heterocycles. The number of piperidine rings is 1. The summed E-state index contributed by atoms with van der Waals surface area (Å²) in [5.74, 6) is 2.31. The average molecular weight is 388 g/mol. The highest BCUT2D eigenvalue weighted by molar-refractivity contribution is 6.33. The summed E-state index contributed by atoms with van der Waals surface area (Å²) in [6, 6.07) is 7.63. The van der Waals surface area contributed by atoms with Gasteiger partial charge < -0.3 is 9.32 Å². The normalized spacial score (nSPS) is 21.2. The molecule has 6 heteroatoms. The molecule has 4 rings (SSSR count). The first-order chi connectivity index (χ1) is 13.1. The smallest absolute Gasteiger partial charge is 0.228 e. The molecule has 0 aliphatic carbocycles. The van der Waals surface area contributed by atoms with Gasteiger partial charge in [-0.05, 0) is 50.8 Å². The molecule has 2 aliphatic rings. The molecular formula is C21H26ClN3O2. The lowest BCUT2D eigenvalue weighted by molar-refractivity contribution is -0.128. The van der Waals surface area contributed by atoms with Crippen molar-refractivity contribution in [3.05, 3.63) is 40.7 Å². The lowest BCUT2D eigenvalue weighted by Crippen LogP contribution is -2.41. The van der Waals surface area contributed by atoms with Crippen molar-refractivity contribution in [1.82, 2.24) is 14.8 Å². The van der Waals surface area contributed by atoms with E-state index >= 15 is 0 Å². The van der Waals surface area contributed by atoms with Crippen LogP contribution in [0.4, 0.5) is 0 Å². The van der Waals surface area contributed by atoms with E-state index in [0.29, 0.717) is 22.7 Å². The van der Waals surface area contributed by atoms with Crippen LogP contribution < -0.4 is 0 Å². The van der Waals surface area contributed by atoms with Crippen LogP contribution in [-0.2, 0) is 11.3 Å². The zero-order valence-corrected chi connectivity index (χ0v) is 16.5. The molecule has 1 unspecified atom stereocenters. The molecule has 27 heavy (non-hydrogen) atoms. The summed E-state index contributed by atoms with van der Waals surface area (Å²) >= 11 is 6.28. The van der Waals surface area contributed by atoms with Crippen LogP contribution in [0.5, 0.6) is 0 Å². The number of likely N-dealkylation sites (tertiary alicyclic amines) is 2. The zero-order valence-electron chi connectivity index (χ0n) is 15.8. The zero-order chi connectivity index (χ0) is 18.8. The largest absolute Gasteiger partial charge is 0.441 e. The second-order valence-corrected chi connectivity index (χ2v) is 8.10. The number of oxazole rings is 1. The second kappa shape index (κ2) is 8.03. The first kappa shape index (κ1) is 18.5. The third-order valence-electron chi connectivity index (χ3n) is 5.62. The van der Waals surface area contributed by atoms with Crippen molar-refractivity contribution in [3.63, 3.8) is 0 Å². The molecule has 5 nitrogen and oxygen atoms in total. The van der Waals surface area contributed by atoms with Gasteiger partial charge in [-0.25, -0.2) is 4.98 Å². The molecule has 0 spiro atoms. The number of benzene rings is 1. The van der Waals surface area contributed by atoms with Crippen molar-refractivity contribution >= 4 is 17.5 Å². The van der Waals surface area contributed by atoms with Crippen LogP contribution in [-0.4, -0.2) is 46.9 Å². The Balaban J connectivity index is 1.41. The maximum atomic E-state index is 11.9. The van der Waals surface area contributed by atoms with Gasteiger partial charge in [0, 0.05) is 32.6 Å². The van der Waals surface area contributed by atoms with Crippen LogP contribution in [0.15, 0.2) is 28.7 Å². The molecular weight excluding hydrogens is 362 g/mol. The summed E-state index contributed by atoms with van der Waals surface area (Å²) in [5.41, 5.74) is 1.81. The van der Waals surface area contributed by atoms with Gasteiger partial charge in [-0.15, -0.1) is 0 Å². The highest BCUT2D eigenvalue weighted by Gasteiger charge is 2.27. The molecule has 2 fully saturated rings. The molecule has 144 valence electrons. The Kier molecular flexibility index (Phi) is 5.50. The van der Waals surface area contributed by atoms with Gasteiger partial charge in [0.2, 0.25) is 11.8 Å². The van der Waals surface area contributed by atoms with Crippen LogP contribution in [0.2, 0.25) is 5.02 Å². The molecule has 0 saturated carbocycles. The number of carbonyl (C=O) groups excluding carboxylic acids is 1. The Bertz CT molecular complexity index is 820. The average Bonchev–Trinajstić information content (AvgIpc) is 3.22. The van der Waals surface area contributed by atoms with Crippen molar-refractivity contribution in [1.29, 1.82) is 0 Å². The first-order valence-corrected chi connectivity index (χ1v) is 10.2. The lowest BCUT2D eigenvalue weighted by Gasteiger charge is -2.34. The Hall–Kier alpha value is -1.85. The van der Waals surface area contributed by atoms with Crippen LogP contribution in [0.25, 0.3) is 11.5 Å². The standard InChI is InChI=1S/C21H26ClN3O2/c1-15-19(23-21(27-15)17-7-2-3-8-18(17)22)14-24-10-4-6-16(12-24)13-25-11-5-9-20(25)26/h2-3,7-8,16H,4-6,9-14H2,1H3. The molecule has 1 aromatic carbocycles. The lowest BCUT2D eigenvalue weighted by atomic mass is 9.97. The molecule has 0 bridgehead atoms. The van der Waals surface area contributed by atoms with E-state index in [9.17, 15) is 4.79 Å². The summed E-state index contributed by atoms with van der Waals surface area (Å²) in [5, 5.41) is 0.651. The minimum atomic E-state index is 0.323. The fourth-order valence-electron chi connectivity index (χ4n) is 4.19. The highest BCUT2D eigenvalue weighted by atomic mass is 35.5. The van der Waals surface area contributed by atoms with Crippen LogP contribution in [0.1, 0.15) is 37.1 Å². The number of hydrogen-bond acceptors (Lipinski definition) is 4. The highest BCUT2D eigenvalue weighted by Crippen LogP contribution is 2.29. The monoisotopic (exact) mass is 387 g/mol. The van der Waals surface area contributed by atoms with Gasteiger partial charge in [-0.2, -0.15) is 0 Å². The van der Waals surface area contributed by atoms with Gasteiger partial charge in [-0.3, -0.25) is 9.69 Å². The first-order valence-electron chi connectivity index (χ1n) is 9.81. The van der Waals surface area contributed by atoms with E-state index in [1.165, 1.54) is 12.8 Å². The predicted molar refractivity (Wildman–Crippen MR) is 106 cm³/mol. The van der Waals surface area contributed by atoms with E-state index in [-0.39, 0.29) is 0 Å². The van der Waals surface area contributed by atoms with E-state index in [1.807, 2.05) is 36.1 Å². The Labute approximate surface area is 165 Å². The van der Waals surface area contributed by atoms with E-state index < -0.39 is 0 Å². The molecule has 3 heterocycles. The fourth-order valence-corrected chi connectivity index (χ4v) is 4.41. The molecule has 1 amide bonds. The molecule has 2 aliphatic heterocycles. The van der Waals surface area contributed by atoms with Crippen LogP contribution in [0, 0.1) is 12.8 Å². The maximum Gasteiger partial charge on any atom is 0.228 e. The van der Waals surface area contributed by atoms with Crippen LogP contribution >= 0.6 is 11.6 Å². The van der Waals surface area contributed by atoms with Crippen molar-refractivity contribution in [2.75, 3.05) is 26.2 Å². The van der Waals surface area contributed by atoms with E-state index in [1.54, 1.807) is 0 Å². The summed E-state index contributed by atoms with van der Waals surface area (Å²) in [6.45, 7) is 6.66. The van der Waals surface area contributed by atoms with E-state index in [4.69, 9.17) is 21.0 Å². The number of carbonyl (C=O) groups is 1. The molecule has 2 aromatic rings. The predicted octanol–water partition coefficient (Wildman–Crippen LogP) is 4.14. The minimum Gasteiger partial charge on any atom is -0.441 e. The SMILES string of the molecule is Cc1oc(-c2ccccc2Cl)nc1CN1CCCC(CN2CCCC2=O)C1. The van der Waals surface area contributed by atoms with Crippen molar-refractivity contribution in [2.24, 2.45) is 5.92 Å². The molecule has 1 aromatic heterocycles. The number of halogens is 1. The number of rotatable bonds is 5. The van der Waals surface area contributed by atoms with Crippen molar-refractivity contribution in [2.45, 2.75) is 39.2 Å². The number of aromatic nitrogens is 1. The summed E-state index contributed by atoms with van der Waals surface area (Å²) in [4.78, 5) is 21.1. The van der Waals surface area contributed by atoms with E-state index in [0.717, 1.165) is 62.6 Å².